The Morgan fingerprint density at radius 1 is 1.28 bits per heavy atom. The van der Waals surface area contributed by atoms with Crippen LogP contribution in [0.25, 0.3) is 0 Å². The fourth-order valence-corrected chi connectivity index (χ4v) is 5.42. The van der Waals surface area contributed by atoms with Gasteiger partial charge in [0.2, 0.25) is 10.0 Å². The van der Waals surface area contributed by atoms with Gasteiger partial charge in [0.1, 0.15) is 10.7 Å². The molecule has 29 heavy (non-hydrogen) atoms. The molecule has 0 bridgehead atoms. The highest BCUT2D eigenvalue weighted by atomic mass is 35.5. The topological polar surface area (TPSA) is 102 Å². The lowest BCUT2D eigenvalue weighted by atomic mass is 10.2. The maximum Gasteiger partial charge on any atom is 0.251 e. The van der Waals surface area contributed by atoms with E-state index in [0.717, 1.165) is 5.56 Å². The Morgan fingerprint density at radius 2 is 1.93 bits per heavy atom. The van der Waals surface area contributed by atoms with Crippen LogP contribution in [-0.2, 0) is 21.3 Å². The fourth-order valence-electron chi connectivity index (χ4n) is 3.33. The van der Waals surface area contributed by atoms with E-state index in [1.807, 2.05) is 13.8 Å². The van der Waals surface area contributed by atoms with Crippen LogP contribution in [0, 0.1) is 13.8 Å². The number of nitrogens with one attached hydrogen (secondary N) is 1. The van der Waals surface area contributed by atoms with E-state index in [0.29, 0.717) is 11.5 Å². The monoisotopic (exact) mass is 441 g/mol. The van der Waals surface area contributed by atoms with Crippen molar-refractivity contribution >= 4 is 27.5 Å². The average Bonchev–Trinajstić information content (AvgIpc) is 2.97. The molecule has 0 spiro atoms. The molecular formula is C19H24ClN3O5S. The summed E-state index contributed by atoms with van der Waals surface area (Å²) < 4.78 is 38.3. The van der Waals surface area contributed by atoms with Crippen LogP contribution in [0.15, 0.2) is 27.6 Å². The fraction of sp³-hybridized carbons (Fsp3) is 0.474. The Balaban J connectivity index is 1.83. The molecule has 1 aliphatic rings. The SMILES string of the molecule is Cc1noc(C)c1CNC(=O)c1ccc(Cl)c(S(=O)(=O)N2CC(C)OC(C)C2)c1. The number of morpholine rings is 1. The minimum absolute atomic E-state index is 0.0686. The quantitative estimate of drug-likeness (QED) is 0.765. The molecule has 1 aromatic carbocycles. The number of nitrogens with zero attached hydrogens (tertiary/aromatic N) is 2. The van der Waals surface area contributed by atoms with Crippen LogP contribution >= 0.6 is 11.6 Å². The van der Waals surface area contributed by atoms with Gasteiger partial charge in [-0.25, -0.2) is 8.42 Å². The lowest BCUT2D eigenvalue weighted by molar-refractivity contribution is -0.0440. The maximum absolute atomic E-state index is 13.1. The molecule has 1 fully saturated rings. The van der Waals surface area contributed by atoms with E-state index >= 15 is 0 Å². The van der Waals surface area contributed by atoms with Crippen molar-refractivity contribution in [2.45, 2.75) is 51.3 Å². The van der Waals surface area contributed by atoms with Crippen molar-refractivity contribution < 1.29 is 22.5 Å². The predicted molar refractivity (Wildman–Crippen MR) is 107 cm³/mol. The van der Waals surface area contributed by atoms with Crippen LogP contribution < -0.4 is 5.32 Å². The van der Waals surface area contributed by atoms with E-state index in [4.69, 9.17) is 20.9 Å². The third-order valence-electron chi connectivity index (χ3n) is 4.80. The van der Waals surface area contributed by atoms with Gasteiger partial charge >= 0.3 is 0 Å². The predicted octanol–water partition coefficient (Wildman–Crippen LogP) is 2.67. The molecule has 0 saturated carbocycles. The molecule has 2 atom stereocenters. The number of carbonyl (C=O) groups excluding carboxylic acids is 1. The molecule has 2 unspecified atom stereocenters. The van der Waals surface area contributed by atoms with Gasteiger partial charge in [0, 0.05) is 30.8 Å². The lowest BCUT2D eigenvalue weighted by Crippen LogP contribution is -2.48. The largest absolute Gasteiger partial charge is 0.373 e. The van der Waals surface area contributed by atoms with Gasteiger partial charge in [-0.1, -0.05) is 16.8 Å². The Labute approximate surface area is 175 Å². The number of hydrogen-bond donors (Lipinski definition) is 1. The van der Waals surface area contributed by atoms with Crippen LogP contribution in [0.3, 0.4) is 0 Å². The maximum atomic E-state index is 13.1. The molecule has 2 aromatic rings. The van der Waals surface area contributed by atoms with Crippen molar-refractivity contribution in [3.05, 3.63) is 45.8 Å². The van der Waals surface area contributed by atoms with Gasteiger partial charge in [-0.15, -0.1) is 0 Å². The molecule has 1 amide bonds. The van der Waals surface area contributed by atoms with Crippen LogP contribution in [0.4, 0.5) is 0 Å². The van der Waals surface area contributed by atoms with Gasteiger partial charge in [-0.2, -0.15) is 4.31 Å². The van der Waals surface area contributed by atoms with Crippen LogP contribution in [-0.4, -0.2) is 49.1 Å². The molecule has 3 rings (SSSR count). The molecule has 1 saturated heterocycles. The number of aryl methyl sites for hydroxylation is 2. The number of amides is 1. The molecule has 2 heterocycles. The van der Waals surface area contributed by atoms with E-state index in [1.165, 1.54) is 22.5 Å². The molecule has 8 nitrogen and oxygen atoms in total. The second kappa shape index (κ2) is 8.43. The summed E-state index contributed by atoms with van der Waals surface area (Å²) in [5.41, 5.74) is 1.68. The van der Waals surface area contributed by atoms with E-state index in [9.17, 15) is 13.2 Å². The summed E-state index contributed by atoms with van der Waals surface area (Å²) in [6, 6.07) is 4.23. The Morgan fingerprint density at radius 3 is 2.52 bits per heavy atom. The number of halogens is 1. The molecule has 1 aliphatic heterocycles. The summed E-state index contributed by atoms with van der Waals surface area (Å²) in [6.45, 7) is 7.87. The summed E-state index contributed by atoms with van der Waals surface area (Å²) in [4.78, 5) is 12.5. The molecule has 1 N–H and O–H groups in total. The number of carbonyl (C=O) groups is 1. The molecular weight excluding hydrogens is 418 g/mol. The number of ether oxygens (including phenoxy) is 1. The van der Waals surface area contributed by atoms with Gasteiger partial charge in [0.25, 0.3) is 5.91 Å². The zero-order chi connectivity index (χ0) is 21.3. The molecule has 0 radical (unpaired) electrons. The second-order valence-electron chi connectivity index (χ2n) is 7.21. The van der Waals surface area contributed by atoms with Gasteiger partial charge in [-0.3, -0.25) is 4.79 Å². The van der Waals surface area contributed by atoms with Gasteiger partial charge in [-0.05, 0) is 45.9 Å². The van der Waals surface area contributed by atoms with Gasteiger partial charge in [0.05, 0.1) is 22.9 Å². The third kappa shape index (κ3) is 4.63. The highest BCUT2D eigenvalue weighted by Gasteiger charge is 2.33. The first-order valence-electron chi connectivity index (χ1n) is 9.24. The summed E-state index contributed by atoms with van der Waals surface area (Å²) in [5.74, 6) is 0.208. The second-order valence-corrected chi connectivity index (χ2v) is 9.52. The zero-order valence-corrected chi connectivity index (χ0v) is 18.3. The number of rotatable bonds is 5. The van der Waals surface area contributed by atoms with Crippen molar-refractivity contribution in [1.82, 2.24) is 14.8 Å². The molecule has 158 valence electrons. The zero-order valence-electron chi connectivity index (χ0n) is 16.7. The standard InChI is InChI=1S/C19H24ClN3O5S/c1-11-9-23(10-12(2)27-11)29(25,26)18-7-15(5-6-17(18)20)19(24)21-8-16-13(3)22-28-14(16)4/h5-7,11-12H,8-10H2,1-4H3,(H,21,24). The minimum Gasteiger partial charge on any atom is -0.373 e. The number of benzene rings is 1. The lowest BCUT2D eigenvalue weighted by Gasteiger charge is -2.34. The average molecular weight is 442 g/mol. The first kappa shape index (κ1) is 21.8. The summed E-state index contributed by atoms with van der Waals surface area (Å²) in [5, 5.41) is 6.68. The van der Waals surface area contributed by atoms with Crippen molar-refractivity contribution in [3.8, 4) is 0 Å². The van der Waals surface area contributed by atoms with E-state index in [-0.39, 0.29) is 47.3 Å². The number of hydrogen-bond acceptors (Lipinski definition) is 6. The molecule has 0 aliphatic carbocycles. The summed E-state index contributed by atoms with van der Waals surface area (Å²) in [6.07, 6.45) is -0.456. The van der Waals surface area contributed by atoms with Crippen molar-refractivity contribution in [1.29, 1.82) is 0 Å². The van der Waals surface area contributed by atoms with Crippen molar-refractivity contribution in [3.63, 3.8) is 0 Å². The Bertz CT molecular complexity index is 991. The highest BCUT2D eigenvalue weighted by molar-refractivity contribution is 7.89. The van der Waals surface area contributed by atoms with Crippen LogP contribution in [0.5, 0.6) is 0 Å². The van der Waals surface area contributed by atoms with Gasteiger partial charge in [0.15, 0.2) is 0 Å². The van der Waals surface area contributed by atoms with Gasteiger partial charge < -0.3 is 14.6 Å². The smallest absolute Gasteiger partial charge is 0.251 e. The van der Waals surface area contributed by atoms with Crippen molar-refractivity contribution in [2.24, 2.45) is 0 Å². The number of aromatic nitrogens is 1. The normalized spacial score (nSPS) is 20.6. The summed E-state index contributed by atoms with van der Waals surface area (Å²) in [7, 11) is -3.87. The first-order valence-corrected chi connectivity index (χ1v) is 11.1. The highest BCUT2D eigenvalue weighted by Crippen LogP contribution is 2.28. The van der Waals surface area contributed by atoms with E-state index in [1.54, 1.807) is 13.8 Å². The Kier molecular flexibility index (Phi) is 6.33. The van der Waals surface area contributed by atoms with E-state index < -0.39 is 15.9 Å². The van der Waals surface area contributed by atoms with Crippen molar-refractivity contribution in [2.75, 3.05) is 13.1 Å². The Hall–Kier alpha value is -1.94. The molecule has 1 aromatic heterocycles. The number of sulfonamides is 1. The first-order chi connectivity index (χ1) is 13.6. The van der Waals surface area contributed by atoms with Crippen LogP contribution in [0.1, 0.15) is 41.2 Å². The van der Waals surface area contributed by atoms with E-state index in [2.05, 4.69) is 10.5 Å². The molecule has 10 heteroatoms. The minimum atomic E-state index is -3.87. The third-order valence-corrected chi connectivity index (χ3v) is 7.12. The van der Waals surface area contributed by atoms with Crippen LogP contribution in [0.2, 0.25) is 5.02 Å². The summed E-state index contributed by atoms with van der Waals surface area (Å²) >= 11 is 6.19.